The van der Waals surface area contributed by atoms with Crippen molar-refractivity contribution >= 4 is 5.82 Å². The van der Waals surface area contributed by atoms with Crippen LogP contribution in [0.25, 0.3) is 11.3 Å². The average molecular weight is 271 g/mol. The van der Waals surface area contributed by atoms with Crippen LogP contribution in [-0.4, -0.2) is 34.1 Å². The van der Waals surface area contributed by atoms with E-state index < -0.39 is 0 Å². The summed E-state index contributed by atoms with van der Waals surface area (Å²) >= 11 is 0. The van der Waals surface area contributed by atoms with Crippen LogP contribution in [0.15, 0.2) is 30.7 Å². The van der Waals surface area contributed by atoms with Crippen molar-refractivity contribution in [2.24, 2.45) is 0 Å². The fourth-order valence-corrected chi connectivity index (χ4v) is 2.21. The van der Waals surface area contributed by atoms with Crippen LogP contribution in [0, 0.1) is 0 Å². The minimum absolute atomic E-state index is 0.105. The van der Waals surface area contributed by atoms with E-state index in [9.17, 15) is 0 Å². The highest BCUT2D eigenvalue weighted by Crippen LogP contribution is 2.23. The first kappa shape index (κ1) is 12.8. The van der Waals surface area contributed by atoms with Crippen molar-refractivity contribution in [1.29, 1.82) is 0 Å². The fourth-order valence-electron chi connectivity index (χ4n) is 2.21. The summed E-state index contributed by atoms with van der Waals surface area (Å²) in [6.45, 7) is 1.86. The number of rotatable bonds is 3. The summed E-state index contributed by atoms with van der Waals surface area (Å²) < 4.78 is 5.87. The summed E-state index contributed by atoms with van der Waals surface area (Å²) in [5.74, 6) is 0.737. The predicted octanol–water partition coefficient (Wildman–Crippen LogP) is 1.25. The number of nitrogens with two attached hydrogens (primary N) is 1. The van der Waals surface area contributed by atoms with E-state index in [1.165, 1.54) is 0 Å². The molecule has 2 aromatic rings. The molecule has 0 spiro atoms. The van der Waals surface area contributed by atoms with Crippen molar-refractivity contribution in [3.63, 3.8) is 0 Å². The Morgan fingerprint density at radius 1 is 1.30 bits per heavy atom. The van der Waals surface area contributed by atoms with Crippen LogP contribution in [0.3, 0.4) is 0 Å². The van der Waals surface area contributed by atoms with E-state index in [0.717, 1.165) is 37.2 Å². The SMILES string of the molecule is Nc1ncc(-c2ccncc2)nc1OC1CCCNC1. The highest BCUT2D eigenvalue weighted by atomic mass is 16.5. The van der Waals surface area contributed by atoms with Crippen molar-refractivity contribution in [1.82, 2.24) is 20.3 Å². The molecule has 0 amide bonds. The summed E-state index contributed by atoms with van der Waals surface area (Å²) in [4.78, 5) is 12.6. The Labute approximate surface area is 117 Å². The van der Waals surface area contributed by atoms with Gasteiger partial charge in [0.15, 0.2) is 5.82 Å². The second-order valence-electron chi connectivity index (χ2n) is 4.77. The third kappa shape index (κ3) is 2.85. The fraction of sp³-hybridized carbons (Fsp3) is 0.357. The molecule has 1 fully saturated rings. The molecule has 1 atom stereocenters. The Balaban J connectivity index is 1.83. The summed E-state index contributed by atoms with van der Waals surface area (Å²) in [5.41, 5.74) is 7.53. The van der Waals surface area contributed by atoms with Crippen LogP contribution in [0.2, 0.25) is 0 Å². The van der Waals surface area contributed by atoms with E-state index in [-0.39, 0.29) is 6.10 Å². The molecule has 1 unspecified atom stereocenters. The predicted molar refractivity (Wildman–Crippen MR) is 76.2 cm³/mol. The first-order valence-electron chi connectivity index (χ1n) is 6.73. The van der Waals surface area contributed by atoms with Crippen LogP contribution in [-0.2, 0) is 0 Å². The molecular weight excluding hydrogens is 254 g/mol. The number of hydrogen-bond acceptors (Lipinski definition) is 6. The summed E-state index contributed by atoms with van der Waals surface area (Å²) in [7, 11) is 0. The highest BCUT2D eigenvalue weighted by molar-refractivity contribution is 5.59. The van der Waals surface area contributed by atoms with Crippen molar-refractivity contribution < 1.29 is 4.74 Å². The molecule has 1 aliphatic rings. The number of nitrogens with one attached hydrogen (secondary N) is 1. The molecule has 0 aromatic carbocycles. The van der Waals surface area contributed by atoms with Crippen LogP contribution in [0.5, 0.6) is 5.88 Å². The van der Waals surface area contributed by atoms with Gasteiger partial charge in [-0.15, -0.1) is 0 Å². The van der Waals surface area contributed by atoms with Crippen LogP contribution >= 0.6 is 0 Å². The van der Waals surface area contributed by atoms with E-state index in [1.807, 2.05) is 12.1 Å². The molecule has 2 aromatic heterocycles. The molecule has 0 bridgehead atoms. The Bertz CT molecular complexity index is 569. The smallest absolute Gasteiger partial charge is 0.258 e. The number of pyridine rings is 1. The Kier molecular flexibility index (Phi) is 3.73. The monoisotopic (exact) mass is 271 g/mol. The van der Waals surface area contributed by atoms with Crippen molar-refractivity contribution in [2.75, 3.05) is 18.8 Å². The van der Waals surface area contributed by atoms with Crippen LogP contribution < -0.4 is 15.8 Å². The molecule has 20 heavy (non-hydrogen) atoms. The number of piperidine rings is 1. The summed E-state index contributed by atoms with van der Waals surface area (Å²) in [6.07, 6.45) is 7.30. The Morgan fingerprint density at radius 2 is 2.15 bits per heavy atom. The number of aromatic nitrogens is 3. The molecule has 0 aliphatic carbocycles. The molecule has 0 saturated carbocycles. The van der Waals surface area contributed by atoms with E-state index in [1.54, 1.807) is 18.6 Å². The van der Waals surface area contributed by atoms with Crippen LogP contribution in [0.4, 0.5) is 5.82 Å². The van der Waals surface area contributed by atoms with Gasteiger partial charge in [-0.2, -0.15) is 0 Å². The van der Waals surface area contributed by atoms with Gasteiger partial charge in [0.05, 0.1) is 11.9 Å². The molecule has 6 nitrogen and oxygen atoms in total. The van der Waals surface area contributed by atoms with Gasteiger partial charge in [0, 0.05) is 24.5 Å². The third-order valence-corrected chi connectivity index (χ3v) is 3.27. The number of nitrogen functional groups attached to an aromatic ring is 1. The number of hydrogen-bond donors (Lipinski definition) is 2. The van der Waals surface area contributed by atoms with Gasteiger partial charge in [-0.25, -0.2) is 9.97 Å². The second-order valence-corrected chi connectivity index (χ2v) is 4.77. The standard InChI is InChI=1S/C14H17N5O/c15-13-14(20-11-2-1-5-17-8-11)19-12(9-18-13)10-3-6-16-7-4-10/h3-4,6-7,9,11,17H,1-2,5,8H2,(H2,15,18). The lowest BCUT2D eigenvalue weighted by atomic mass is 10.1. The molecule has 3 heterocycles. The van der Waals surface area contributed by atoms with Gasteiger partial charge < -0.3 is 15.8 Å². The maximum absolute atomic E-state index is 5.87. The maximum atomic E-state index is 5.87. The molecule has 3 N–H and O–H groups in total. The summed E-state index contributed by atoms with van der Waals surface area (Å²) in [5, 5.41) is 3.30. The number of nitrogens with zero attached hydrogens (tertiary/aromatic N) is 3. The van der Waals surface area contributed by atoms with Gasteiger partial charge in [0.25, 0.3) is 5.88 Å². The first-order valence-corrected chi connectivity index (χ1v) is 6.73. The number of ether oxygens (including phenoxy) is 1. The zero-order valence-electron chi connectivity index (χ0n) is 11.1. The lowest BCUT2D eigenvalue weighted by Crippen LogP contribution is -2.37. The maximum Gasteiger partial charge on any atom is 0.258 e. The van der Waals surface area contributed by atoms with E-state index in [4.69, 9.17) is 10.5 Å². The van der Waals surface area contributed by atoms with E-state index in [0.29, 0.717) is 11.7 Å². The quantitative estimate of drug-likeness (QED) is 0.874. The zero-order chi connectivity index (χ0) is 13.8. The molecule has 6 heteroatoms. The molecule has 1 saturated heterocycles. The molecule has 104 valence electrons. The average Bonchev–Trinajstić information content (AvgIpc) is 2.51. The zero-order valence-corrected chi connectivity index (χ0v) is 11.1. The van der Waals surface area contributed by atoms with Crippen molar-refractivity contribution in [3.05, 3.63) is 30.7 Å². The van der Waals surface area contributed by atoms with Gasteiger partial charge in [-0.05, 0) is 31.5 Å². The van der Waals surface area contributed by atoms with E-state index >= 15 is 0 Å². The highest BCUT2D eigenvalue weighted by Gasteiger charge is 2.17. The second kappa shape index (κ2) is 5.83. The summed E-state index contributed by atoms with van der Waals surface area (Å²) in [6, 6.07) is 3.76. The first-order chi connectivity index (χ1) is 9.83. The molecule has 1 aliphatic heterocycles. The molecule has 3 rings (SSSR count). The van der Waals surface area contributed by atoms with Gasteiger partial charge in [0.2, 0.25) is 0 Å². The van der Waals surface area contributed by atoms with Crippen molar-refractivity contribution in [3.8, 4) is 17.1 Å². The lowest BCUT2D eigenvalue weighted by molar-refractivity contribution is 0.161. The third-order valence-electron chi connectivity index (χ3n) is 3.27. The van der Waals surface area contributed by atoms with Crippen molar-refractivity contribution in [2.45, 2.75) is 18.9 Å². The lowest BCUT2D eigenvalue weighted by Gasteiger charge is -2.23. The van der Waals surface area contributed by atoms with Gasteiger partial charge in [0.1, 0.15) is 6.10 Å². The molecule has 0 radical (unpaired) electrons. The largest absolute Gasteiger partial charge is 0.470 e. The van der Waals surface area contributed by atoms with Gasteiger partial charge in [-0.1, -0.05) is 0 Å². The topological polar surface area (TPSA) is 86.0 Å². The van der Waals surface area contributed by atoms with Gasteiger partial charge in [-0.3, -0.25) is 4.98 Å². The Morgan fingerprint density at radius 3 is 2.90 bits per heavy atom. The minimum Gasteiger partial charge on any atom is -0.470 e. The molecular formula is C14H17N5O. The Hall–Kier alpha value is -2.21. The van der Waals surface area contributed by atoms with Crippen LogP contribution in [0.1, 0.15) is 12.8 Å². The normalized spacial score (nSPS) is 18.7. The van der Waals surface area contributed by atoms with E-state index in [2.05, 4.69) is 20.3 Å². The van der Waals surface area contributed by atoms with Gasteiger partial charge >= 0.3 is 0 Å². The number of anilines is 1. The minimum atomic E-state index is 0.105.